The third-order valence-electron chi connectivity index (χ3n) is 3.46. The summed E-state index contributed by atoms with van der Waals surface area (Å²) in [5.41, 5.74) is 0.682. The normalized spacial score (nSPS) is 18.6. The molecule has 0 radical (unpaired) electrons. The van der Waals surface area contributed by atoms with Gasteiger partial charge in [0.15, 0.2) is 0 Å². The zero-order valence-corrected chi connectivity index (χ0v) is 14.2. The molecule has 0 bridgehead atoms. The van der Waals surface area contributed by atoms with Gasteiger partial charge in [0.25, 0.3) is 5.91 Å². The van der Waals surface area contributed by atoms with Gasteiger partial charge in [-0.05, 0) is 53.0 Å². The van der Waals surface area contributed by atoms with Crippen molar-refractivity contribution in [2.45, 2.75) is 26.3 Å². The number of carbonyl (C=O) groups is 1. The summed E-state index contributed by atoms with van der Waals surface area (Å²) in [6.45, 7) is 6.91. The maximum atomic E-state index is 12.8. The number of nitrogens with one attached hydrogen (secondary N) is 1. The van der Waals surface area contributed by atoms with Crippen LogP contribution in [0.4, 0.5) is 0 Å². The molecule has 1 N–H and O–H groups in total. The monoisotopic (exact) mass is 358 g/mol. The van der Waals surface area contributed by atoms with Crippen LogP contribution in [0.2, 0.25) is 5.02 Å². The van der Waals surface area contributed by atoms with E-state index < -0.39 is 0 Å². The Hall–Kier alpha value is -0.580. The molecule has 1 unspecified atom stereocenters. The van der Waals surface area contributed by atoms with Crippen LogP contribution in [0.25, 0.3) is 0 Å². The van der Waals surface area contributed by atoms with Crippen molar-refractivity contribution >= 4 is 33.4 Å². The van der Waals surface area contributed by atoms with Gasteiger partial charge in [-0.25, -0.2) is 0 Å². The van der Waals surface area contributed by atoms with Gasteiger partial charge in [0.05, 0.1) is 5.56 Å². The highest BCUT2D eigenvalue weighted by atomic mass is 79.9. The summed E-state index contributed by atoms with van der Waals surface area (Å²) in [6.07, 6.45) is 1.02. The molecular weight excluding hydrogens is 340 g/mol. The van der Waals surface area contributed by atoms with Gasteiger partial charge in [-0.1, -0.05) is 25.4 Å². The fraction of sp³-hybridized carbons (Fsp3) is 0.533. The molecule has 1 heterocycles. The molecule has 1 aliphatic rings. The van der Waals surface area contributed by atoms with Gasteiger partial charge in [-0.2, -0.15) is 0 Å². The Bertz CT molecular complexity index is 487. The van der Waals surface area contributed by atoms with E-state index in [1.54, 1.807) is 18.2 Å². The molecule has 3 nitrogen and oxygen atoms in total. The summed E-state index contributed by atoms with van der Waals surface area (Å²) in [6, 6.07) is 5.62. The predicted octanol–water partition coefficient (Wildman–Crippen LogP) is 3.56. The Labute approximate surface area is 133 Å². The van der Waals surface area contributed by atoms with Crippen LogP contribution in [0.15, 0.2) is 22.7 Å². The van der Waals surface area contributed by atoms with Gasteiger partial charge in [0, 0.05) is 28.6 Å². The molecule has 1 aromatic rings. The van der Waals surface area contributed by atoms with Crippen molar-refractivity contribution in [3.8, 4) is 0 Å². The highest BCUT2D eigenvalue weighted by molar-refractivity contribution is 9.10. The molecule has 0 spiro atoms. The van der Waals surface area contributed by atoms with Crippen molar-refractivity contribution in [1.29, 1.82) is 0 Å². The minimum absolute atomic E-state index is 0.0796. The van der Waals surface area contributed by atoms with Crippen molar-refractivity contribution in [2.24, 2.45) is 5.92 Å². The van der Waals surface area contributed by atoms with E-state index in [-0.39, 0.29) is 11.9 Å². The zero-order chi connectivity index (χ0) is 14.7. The molecule has 5 heteroatoms. The number of halogens is 2. The van der Waals surface area contributed by atoms with Crippen LogP contribution >= 0.6 is 27.5 Å². The average molecular weight is 360 g/mol. The molecule has 1 amide bonds. The molecule has 0 aliphatic carbocycles. The molecule has 0 saturated carbocycles. The van der Waals surface area contributed by atoms with Crippen molar-refractivity contribution in [2.75, 3.05) is 19.6 Å². The number of rotatable bonds is 4. The van der Waals surface area contributed by atoms with E-state index in [0.29, 0.717) is 16.5 Å². The number of amides is 1. The molecule has 1 fully saturated rings. The number of carbonyl (C=O) groups excluding carboxylic acids is 1. The Kier molecular flexibility index (Phi) is 5.47. The van der Waals surface area contributed by atoms with Crippen LogP contribution in [0, 0.1) is 5.92 Å². The van der Waals surface area contributed by atoms with Crippen LogP contribution in [-0.2, 0) is 0 Å². The molecule has 1 aromatic carbocycles. The fourth-order valence-electron chi connectivity index (χ4n) is 2.51. The summed E-state index contributed by atoms with van der Waals surface area (Å²) in [5, 5.41) is 3.96. The van der Waals surface area contributed by atoms with E-state index in [1.807, 2.05) is 4.90 Å². The maximum absolute atomic E-state index is 12.8. The van der Waals surface area contributed by atoms with Gasteiger partial charge in [-0.3, -0.25) is 4.79 Å². The smallest absolute Gasteiger partial charge is 0.255 e. The van der Waals surface area contributed by atoms with Gasteiger partial charge in [0.1, 0.15) is 0 Å². The third kappa shape index (κ3) is 3.74. The summed E-state index contributed by atoms with van der Waals surface area (Å²) >= 11 is 9.39. The minimum atomic E-state index is 0.0796. The van der Waals surface area contributed by atoms with Gasteiger partial charge >= 0.3 is 0 Å². The Morgan fingerprint density at radius 2 is 2.30 bits per heavy atom. The average Bonchev–Trinajstić information content (AvgIpc) is 2.88. The van der Waals surface area contributed by atoms with Gasteiger partial charge < -0.3 is 10.2 Å². The number of hydrogen-bond donors (Lipinski definition) is 1. The van der Waals surface area contributed by atoms with Crippen LogP contribution in [0.3, 0.4) is 0 Å². The van der Waals surface area contributed by atoms with E-state index in [0.717, 1.165) is 30.5 Å². The quantitative estimate of drug-likeness (QED) is 0.891. The fourth-order valence-corrected chi connectivity index (χ4v) is 3.37. The number of nitrogens with zero attached hydrogens (tertiary/aromatic N) is 1. The van der Waals surface area contributed by atoms with Crippen LogP contribution < -0.4 is 5.32 Å². The van der Waals surface area contributed by atoms with E-state index in [4.69, 9.17) is 11.6 Å². The lowest BCUT2D eigenvalue weighted by Gasteiger charge is -2.30. The molecule has 1 atom stereocenters. The SMILES string of the molecule is CC(C)CN(C(=O)c1ccc(Cl)cc1Br)C1CCNC1. The minimum Gasteiger partial charge on any atom is -0.334 e. The maximum Gasteiger partial charge on any atom is 0.255 e. The van der Waals surface area contributed by atoms with Crippen molar-refractivity contribution in [3.63, 3.8) is 0 Å². The topological polar surface area (TPSA) is 32.3 Å². The Morgan fingerprint density at radius 1 is 1.55 bits per heavy atom. The first-order chi connectivity index (χ1) is 9.49. The summed E-state index contributed by atoms with van der Waals surface area (Å²) in [7, 11) is 0. The lowest BCUT2D eigenvalue weighted by atomic mass is 10.1. The van der Waals surface area contributed by atoms with E-state index in [2.05, 4.69) is 35.1 Å². The van der Waals surface area contributed by atoms with E-state index >= 15 is 0 Å². The predicted molar refractivity (Wildman–Crippen MR) is 86.3 cm³/mol. The third-order valence-corrected chi connectivity index (χ3v) is 4.35. The summed E-state index contributed by atoms with van der Waals surface area (Å²) < 4.78 is 0.759. The second-order valence-electron chi connectivity index (χ2n) is 5.62. The number of benzene rings is 1. The molecule has 20 heavy (non-hydrogen) atoms. The second kappa shape index (κ2) is 6.92. The zero-order valence-electron chi connectivity index (χ0n) is 11.8. The van der Waals surface area contributed by atoms with Crippen molar-refractivity contribution in [1.82, 2.24) is 10.2 Å². The molecule has 110 valence electrons. The summed E-state index contributed by atoms with van der Waals surface area (Å²) in [4.78, 5) is 14.8. The van der Waals surface area contributed by atoms with Crippen LogP contribution in [0.1, 0.15) is 30.6 Å². The second-order valence-corrected chi connectivity index (χ2v) is 6.91. The van der Waals surface area contributed by atoms with E-state index in [9.17, 15) is 4.79 Å². The molecule has 1 saturated heterocycles. The van der Waals surface area contributed by atoms with E-state index in [1.165, 1.54) is 0 Å². The molecule has 0 aromatic heterocycles. The molecule has 2 rings (SSSR count). The lowest BCUT2D eigenvalue weighted by molar-refractivity contribution is 0.0666. The number of hydrogen-bond acceptors (Lipinski definition) is 2. The van der Waals surface area contributed by atoms with Crippen LogP contribution in [-0.4, -0.2) is 36.5 Å². The van der Waals surface area contributed by atoms with Gasteiger partial charge in [-0.15, -0.1) is 0 Å². The first-order valence-electron chi connectivity index (χ1n) is 6.95. The highest BCUT2D eigenvalue weighted by Crippen LogP contribution is 2.24. The summed E-state index contributed by atoms with van der Waals surface area (Å²) in [5.74, 6) is 0.529. The Morgan fingerprint density at radius 3 is 2.85 bits per heavy atom. The molecule has 1 aliphatic heterocycles. The van der Waals surface area contributed by atoms with Crippen molar-refractivity contribution in [3.05, 3.63) is 33.3 Å². The first-order valence-corrected chi connectivity index (χ1v) is 8.13. The van der Waals surface area contributed by atoms with Crippen molar-refractivity contribution < 1.29 is 4.79 Å². The Balaban J connectivity index is 2.24. The molecular formula is C15H20BrClN2O. The first kappa shape index (κ1) is 15.8. The highest BCUT2D eigenvalue weighted by Gasteiger charge is 2.28. The van der Waals surface area contributed by atoms with Gasteiger partial charge in [0.2, 0.25) is 0 Å². The largest absolute Gasteiger partial charge is 0.334 e. The standard InChI is InChI=1S/C15H20BrClN2O/c1-10(2)9-19(12-5-6-18-8-12)15(20)13-4-3-11(17)7-14(13)16/h3-4,7,10,12,18H,5-6,8-9H2,1-2H3. The lowest BCUT2D eigenvalue weighted by Crippen LogP contribution is -2.43. The van der Waals surface area contributed by atoms with Crippen LogP contribution in [0.5, 0.6) is 0 Å².